The van der Waals surface area contributed by atoms with Gasteiger partial charge >= 0.3 is 5.97 Å². The van der Waals surface area contributed by atoms with Gasteiger partial charge in [0.15, 0.2) is 11.6 Å². The van der Waals surface area contributed by atoms with Gasteiger partial charge in [-0.05, 0) is 31.6 Å². The Kier molecular flexibility index (Phi) is 4.66. The monoisotopic (exact) mass is 354 g/mol. The van der Waals surface area contributed by atoms with Crippen LogP contribution in [0, 0.1) is 11.8 Å². The molecule has 6 nitrogen and oxygen atoms in total. The van der Waals surface area contributed by atoms with Crippen LogP contribution >= 0.6 is 0 Å². The Morgan fingerprint density at radius 2 is 1.38 bits per heavy atom. The van der Waals surface area contributed by atoms with Gasteiger partial charge in [-0.25, -0.2) is 0 Å². The molecule has 1 aromatic carbocycles. The van der Waals surface area contributed by atoms with E-state index >= 15 is 0 Å². The Morgan fingerprint density at radius 1 is 0.923 bits per heavy atom. The molecule has 6 heteroatoms. The van der Waals surface area contributed by atoms with Crippen LogP contribution in [0.15, 0.2) is 24.3 Å². The van der Waals surface area contributed by atoms with Gasteiger partial charge in [0.05, 0.1) is 5.92 Å². The molecule has 0 saturated carbocycles. The molecule has 2 aliphatic rings. The number of fused-ring (bicyclic) bond motifs is 1. The molecule has 4 rings (SSSR count). The molecule has 26 heavy (non-hydrogen) atoms. The lowest BCUT2D eigenvalue weighted by atomic mass is 9.96. The molecule has 0 atom stereocenters. The molecule has 1 aromatic heterocycles. The quantitative estimate of drug-likeness (QED) is 0.913. The van der Waals surface area contributed by atoms with Gasteiger partial charge in [0.25, 0.3) is 0 Å². The summed E-state index contributed by atoms with van der Waals surface area (Å²) in [7, 11) is 0. The zero-order valence-corrected chi connectivity index (χ0v) is 15.3. The fraction of sp³-hybridized carbons (Fsp3) is 0.550. The molecule has 0 spiro atoms. The Bertz CT molecular complexity index is 793. The highest BCUT2D eigenvalue weighted by atomic mass is 16.4. The van der Waals surface area contributed by atoms with Gasteiger partial charge in [-0.3, -0.25) is 4.79 Å². The van der Waals surface area contributed by atoms with Gasteiger partial charge in [0.2, 0.25) is 0 Å². The predicted octanol–water partition coefficient (Wildman–Crippen LogP) is 3.17. The summed E-state index contributed by atoms with van der Waals surface area (Å²) < 4.78 is 0. The maximum Gasteiger partial charge on any atom is 0.306 e. The van der Waals surface area contributed by atoms with E-state index in [1.54, 1.807) is 0 Å². The minimum Gasteiger partial charge on any atom is -0.481 e. The van der Waals surface area contributed by atoms with Crippen molar-refractivity contribution in [3.05, 3.63) is 24.3 Å². The molecule has 2 aromatic rings. The van der Waals surface area contributed by atoms with Gasteiger partial charge in [-0.2, -0.15) is 0 Å². The van der Waals surface area contributed by atoms with E-state index in [0.717, 1.165) is 54.5 Å². The van der Waals surface area contributed by atoms with Crippen molar-refractivity contribution < 1.29 is 9.90 Å². The van der Waals surface area contributed by atoms with Crippen LogP contribution < -0.4 is 9.80 Å². The number of rotatable bonds is 3. The van der Waals surface area contributed by atoms with Crippen molar-refractivity contribution in [3.8, 4) is 0 Å². The molecule has 0 bridgehead atoms. The number of nitrogens with zero attached hydrogens (tertiary/aromatic N) is 4. The number of benzene rings is 1. The van der Waals surface area contributed by atoms with E-state index in [-0.39, 0.29) is 5.92 Å². The van der Waals surface area contributed by atoms with E-state index in [1.165, 1.54) is 12.8 Å². The van der Waals surface area contributed by atoms with Crippen LogP contribution in [-0.4, -0.2) is 47.5 Å². The maximum atomic E-state index is 11.2. The summed E-state index contributed by atoms with van der Waals surface area (Å²) >= 11 is 0. The molecule has 1 N–H and O–H groups in total. The third kappa shape index (κ3) is 3.20. The Morgan fingerprint density at radius 3 is 1.85 bits per heavy atom. The number of carbonyl (C=O) groups is 1. The number of anilines is 2. The van der Waals surface area contributed by atoms with Crippen molar-refractivity contribution >= 4 is 28.4 Å². The van der Waals surface area contributed by atoms with Gasteiger partial charge < -0.3 is 14.9 Å². The van der Waals surface area contributed by atoms with Crippen LogP contribution in [0.5, 0.6) is 0 Å². The average molecular weight is 354 g/mol. The number of aliphatic carboxylic acids is 1. The summed E-state index contributed by atoms with van der Waals surface area (Å²) in [5.74, 6) is 1.73. The Balaban J connectivity index is 1.64. The fourth-order valence-corrected chi connectivity index (χ4v) is 4.10. The van der Waals surface area contributed by atoms with E-state index in [0.29, 0.717) is 12.8 Å². The van der Waals surface area contributed by atoms with E-state index in [9.17, 15) is 9.90 Å². The summed E-state index contributed by atoms with van der Waals surface area (Å²) in [6.07, 6.45) is 3.72. The molecular formula is C20H26N4O2. The Hall–Kier alpha value is -2.37. The molecule has 0 radical (unpaired) electrons. The first-order valence-corrected chi connectivity index (χ1v) is 9.61. The normalized spacial score (nSPS) is 19.9. The second kappa shape index (κ2) is 7.09. The zero-order chi connectivity index (χ0) is 18.1. The van der Waals surface area contributed by atoms with Crippen molar-refractivity contribution in [3.63, 3.8) is 0 Å². The lowest BCUT2D eigenvalue weighted by Gasteiger charge is -2.34. The highest BCUT2D eigenvalue weighted by Crippen LogP contribution is 2.33. The standard InChI is InChI=1S/C20H26N4O2/c1-14-6-10-23(11-7-14)18-16-4-2-3-5-17(16)19(22-21-18)24-12-8-15(9-13-24)20(25)26/h2-5,14-15H,6-13H2,1H3,(H,25,26). The van der Waals surface area contributed by atoms with Gasteiger partial charge in [0.1, 0.15) is 0 Å². The average Bonchev–Trinajstić information content (AvgIpc) is 2.68. The maximum absolute atomic E-state index is 11.2. The summed E-state index contributed by atoms with van der Waals surface area (Å²) in [5.41, 5.74) is 0. The summed E-state index contributed by atoms with van der Waals surface area (Å²) in [6, 6.07) is 8.34. The smallest absolute Gasteiger partial charge is 0.306 e. The molecule has 3 heterocycles. The number of carboxylic acid groups (broad SMARTS) is 1. The predicted molar refractivity (Wildman–Crippen MR) is 103 cm³/mol. The topological polar surface area (TPSA) is 69.6 Å². The molecule has 0 amide bonds. The zero-order valence-electron chi connectivity index (χ0n) is 15.3. The van der Waals surface area contributed by atoms with Gasteiger partial charge in [-0.1, -0.05) is 31.2 Å². The highest BCUT2D eigenvalue weighted by molar-refractivity contribution is 5.99. The second-order valence-electron chi connectivity index (χ2n) is 7.66. The molecule has 2 saturated heterocycles. The third-order valence-corrected chi connectivity index (χ3v) is 5.88. The molecular weight excluding hydrogens is 328 g/mol. The van der Waals surface area contributed by atoms with Crippen LogP contribution in [0.4, 0.5) is 11.6 Å². The summed E-state index contributed by atoms with van der Waals surface area (Å²) in [6.45, 7) is 5.81. The number of carboxylic acids is 1. The van der Waals surface area contributed by atoms with Gasteiger partial charge in [0, 0.05) is 37.0 Å². The van der Waals surface area contributed by atoms with Crippen molar-refractivity contribution in [1.82, 2.24) is 10.2 Å². The van der Waals surface area contributed by atoms with Crippen LogP contribution in [-0.2, 0) is 4.79 Å². The van der Waals surface area contributed by atoms with Crippen molar-refractivity contribution in [2.75, 3.05) is 36.0 Å². The van der Waals surface area contributed by atoms with Crippen molar-refractivity contribution in [1.29, 1.82) is 0 Å². The number of hydrogen-bond donors (Lipinski definition) is 1. The van der Waals surface area contributed by atoms with E-state index in [1.807, 2.05) is 6.07 Å². The first-order chi connectivity index (χ1) is 12.6. The second-order valence-corrected chi connectivity index (χ2v) is 7.66. The van der Waals surface area contributed by atoms with Crippen LogP contribution in [0.2, 0.25) is 0 Å². The summed E-state index contributed by atoms with van der Waals surface area (Å²) in [5, 5.41) is 20.7. The highest BCUT2D eigenvalue weighted by Gasteiger charge is 2.27. The van der Waals surface area contributed by atoms with E-state index in [2.05, 4.69) is 45.1 Å². The number of hydrogen-bond acceptors (Lipinski definition) is 5. The lowest BCUT2D eigenvalue weighted by molar-refractivity contribution is -0.142. The minimum absolute atomic E-state index is 0.236. The summed E-state index contributed by atoms with van der Waals surface area (Å²) in [4.78, 5) is 15.7. The van der Waals surface area contributed by atoms with Crippen LogP contribution in [0.1, 0.15) is 32.6 Å². The largest absolute Gasteiger partial charge is 0.481 e. The first-order valence-electron chi connectivity index (χ1n) is 9.61. The Labute approximate surface area is 153 Å². The van der Waals surface area contributed by atoms with E-state index < -0.39 is 5.97 Å². The van der Waals surface area contributed by atoms with Crippen molar-refractivity contribution in [2.24, 2.45) is 11.8 Å². The molecule has 138 valence electrons. The lowest BCUT2D eigenvalue weighted by Crippen LogP contribution is -2.37. The van der Waals surface area contributed by atoms with Crippen molar-refractivity contribution in [2.45, 2.75) is 32.6 Å². The molecule has 0 aliphatic carbocycles. The molecule has 0 unspecified atom stereocenters. The van der Waals surface area contributed by atoms with Crippen LogP contribution in [0.3, 0.4) is 0 Å². The minimum atomic E-state index is -0.685. The fourth-order valence-electron chi connectivity index (χ4n) is 4.10. The molecule has 2 fully saturated rings. The first kappa shape index (κ1) is 17.1. The van der Waals surface area contributed by atoms with Gasteiger partial charge in [-0.15, -0.1) is 10.2 Å². The third-order valence-electron chi connectivity index (χ3n) is 5.88. The number of piperidine rings is 2. The molecule has 2 aliphatic heterocycles. The number of aromatic nitrogens is 2. The SMILES string of the molecule is CC1CCN(c2nnc(N3CCC(C(=O)O)CC3)c3ccccc23)CC1. The van der Waals surface area contributed by atoms with E-state index in [4.69, 9.17) is 0 Å². The van der Waals surface area contributed by atoms with Crippen LogP contribution in [0.25, 0.3) is 10.8 Å².